The first-order valence-corrected chi connectivity index (χ1v) is 6.90. The van der Waals surface area contributed by atoms with E-state index in [0.717, 1.165) is 5.39 Å². The Morgan fingerprint density at radius 2 is 2.04 bits per heavy atom. The SMILES string of the molecule is N#Cc1ccc(OCCn2ncc3ccc([N+](=O)[O-])cc32)cc1. The fourth-order valence-electron chi connectivity index (χ4n) is 2.23. The van der Waals surface area contributed by atoms with Gasteiger partial charge >= 0.3 is 0 Å². The van der Waals surface area contributed by atoms with Gasteiger partial charge in [-0.1, -0.05) is 0 Å². The summed E-state index contributed by atoms with van der Waals surface area (Å²) < 4.78 is 7.27. The molecule has 23 heavy (non-hydrogen) atoms. The van der Waals surface area contributed by atoms with Crippen LogP contribution in [0.4, 0.5) is 5.69 Å². The second-order valence-electron chi connectivity index (χ2n) is 4.85. The number of nitriles is 1. The molecule has 0 radical (unpaired) electrons. The standard InChI is InChI=1S/C16H12N4O3/c17-10-12-1-5-15(6-2-12)23-8-7-19-16-9-14(20(21)22)4-3-13(16)11-18-19/h1-6,9,11H,7-8H2. The topological polar surface area (TPSA) is 94.0 Å². The van der Waals surface area contributed by atoms with Gasteiger partial charge in [-0.25, -0.2) is 0 Å². The molecule has 0 fully saturated rings. The summed E-state index contributed by atoms with van der Waals surface area (Å²) in [6, 6.07) is 13.5. The molecule has 0 saturated heterocycles. The van der Waals surface area contributed by atoms with E-state index in [1.54, 1.807) is 41.2 Å². The lowest BCUT2D eigenvalue weighted by atomic mass is 10.2. The number of nitrogens with zero attached hydrogens (tertiary/aromatic N) is 4. The summed E-state index contributed by atoms with van der Waals surface area (Å²) in [6.07, 6.45) is 1.67. The van der Waals surface area contributed by atoms with Crippen LogP contribution in [-0.2, 0) is 6.54 Å². The quantitative estimate of drug-likeness (QED) is 0.533. The minimum Gasteiger partial charge on any atom is -0.492 e. The second kappa shape index (κ2) is 6.15. The third-order valence-electron chi connectivity index (χ3n) is 3.39. The van der Waals surface area contributed by atoms with Crippen LogP contribution in [0.5, 0.6) is 5.75 Å². The smallest absolute Gasteiger partial charge is 0.271 e. The maximum Gasteiger partial charge on any atom is 0.271 e. The average molecular weight is 308 g/mol. The molecule has 0 aliphatic carbocycles. The van der Waals surface area contributed by atoms with Gasteiger partial charge in [-0.2, -0.15) is 10.4 Å². The van der Waals surface area contributed by atoms with Gasteiger partial charge in [-0.15, -0.1) is 0 Å². The van der Waals surface area contributed by atoms with Gasteiger partial charge in [0.1, 0.15) is 12.4 Å². The Hall–Kier alpha value is -3.40. The van der Waals surface area contributed by atoms with E-state index in [0.29, 0.717) is 30.0 Å². The van der Waals surface area contributed by atoms with E-state index in [2.05, 4.69) is 5.10 Å². The number of fused-ring (bicyclic) bond motifs is 1. The lowest BCUT2D eigenvalue weighted by Crippen LogP contribution is -2.09. The summed E-state index contributed by atoms with van der Waals surface area (Å²) in [6.45, 7) is 0.829. The van der Waals surface area contributed by atoms with Crippen LogP contribution in [0, 0.1) is 21.4 Å². The van der Waals surface area contributed by atoms with Gasteiger partial charge < -0.3 is 4.74 Å². The molecule has 0 saturated carbocycles. The predicted molar refractivity (Wildman–Crippen MR) is 83.0 cm³/mol. The molecule has 114 valence electrons. The number of rotatable bonds is 5. The largest absolute Gasteiger partial charge is 0.492 e. The van der Waals surface area contributed by atoms with Gasteiger partial charge in [0.05, 0.1) is 34.8 Å². The number of aromatic nitrogens is 2. The van der Waals surface area contributed by atoms with E-state index in [1.807, 2.05) is 6.07 Å². The Morgan fingerprint density at radius 3 is 2.74 bits per heavy atom. The van der Waals surface area contributed by atoms with E-state index < -0.39 is 4.92 Å². The molecule has 0 atom stereocenters. The zero-order valence-corrected chi connectivity index (χ0v) is 12.0. The molecule has 2 aromatic carbocycles. The van der Waals surface area contributed by atoms with Crippen molar-refractivity contribution >= 4 is 16.6 Å². The van der Waals surface area contributed by atoms with Crippen LogP contribution < -0.4 is 4.74 Å². The summed E-state index contributed by atoms with van der Waals surface area (Å²) >= 11 is 0. The van der Waals surface area contributed by atoms with Crippen LogP contribution >= 0.6 is 0 Å². The molecule has 0 N–H and O–H groups in total. The second-order valence-corrected chi connectivity index (χ2v) is 4.85. The average Bonchev–Trinajstić information content (AvgIpc) is 2.98. The first-order chi connectivity index (χ1) is 11.2. The molecule has 3 rings (SSSR count). The molecule has 0 bridgehead atoms. The minimum atomic E-state index is -0.427. The molecule has 0 aliphatic heterocycles. The molecular formula is C16H12N4O3. The first-order valence-electron chi connectivity index (χ1n) is 6.90. The van der Waals surface area contributed by atoms with E-state index in [-0.39, 0.29) is 5.69 Å². The Bertz CT molecular complexity index is 894. The van der Waals surface area contributed by atoms with Crippen molar-refractivity contribution in [3.8, 4) is 11.8 Å². The van der Waals surface area contributed by atoms with Crippen LogP contribution in [0.2, 0.25) is 0 Å². The monoisotopic (exact) mass is 308 g/mol. The van der Waals surface area contributed by atoms with Gasteiger partial charge in [0.2, 0.25) is 0 Å². The molecule has 0 aliphatic rings. The zero-order chi connectivity index (χ0) is 16.2. The Balaban J connectivity index is 1.70. The summed E-state index contributed by atoms with van der Waals surface area (Å²) in [7, 11) is 0. The lowest BCUT2D eigenvalue weighted by Gasteiger charge is -2.07. The highest BCUT2D eigenvalue weighted by Crippen LogP contribution is 2.20. The van der Waals surface area contributed by atoms with Crippen LogP contribution in [0.15, 0.2) is 48.7 Å². The van der Waals surface area contributed by atoms with Crippen molar-refractivity contribution in [1.82, 2.24) is 9.78 Å². The maximum atomic E-state index is 10.9. The zero-order valence-electron chi connectivity index (χ0n) is 12.0. The normalized spacial score (nSPS) is 10.4. The van der Waals surface area contributed by atoms with Crippen molar-refractivity contribution in [3.63, 3.8) is 0 Å². The van der Waals surface area contributed by atoms with Gasteiger partial charge in [-0.05, 0) is 30.3 Å². The number of hydrogen-bond donors (Lipinski definition) is 0. The van der Waals surface area contributed by atoms with Gasteiger partial charge in [0.25, 0.3) is 5.69 Å². The number of ether oxygens (including phenoxy) is 1. The molecule has 3 aromatic rings. The van der Waals surface area contributed by atoms with Gasteiger partial charge in [-0.3, -0.25) is 14.8 Å². The first kappa shape index (κ1) is 14.5. The van der Waals surface area contributed by atoms with E-state index in [4.69, 9.17) is 10.00 Å². The van der Waals surface area contributed by atoms with E-state index in [9.17, 15) is 10.1 Å². The number of nitro benzene ring substituents is 1. The summed E-state index contributed by atoms with van der Waals surface area (Å²) in [5.41, 5.74) is 1.30. The number of benzene rings is 2. The fraction of sp³-hybridized carbons (Fsp3) is 0.125. The molecule has 0 spiro atoms. The van der Waals surface area contributed by atoms with Crippen LogP contribution in [0.1, 0.15) is 5.56 Å². The predicted octanol–water partition coefficient (Wildman–Crippen LogP) is 2.90. The molecule has 0 amide bonds. The van der Waals surface area contributed by atoms with Gasteiger partial charge in [0.15, 0.2) is 0 Å². The fourth-order valence-corrected chi connectivity index (χ4v) is 2.23. The maximum absolute atomic E-state index is 10.9. The molecule has 1 aromatic heterocycles. The van der Waals surface area contributed by atoms with Crippen molar-refractivity contribution in [3.05, 3.63) is 64.3 Å². The summed E-state index contributed by atoms with van der Waals surface area (Å²) in [4.78, 5) is 10.4. The molecule has 0 unspecified atom stereocenters. The number of non-ortho nitro benzene ring substituents is 1. The minimum absolute atomic E-state index is 0.0345. The lowest BCUT2D eigenvalue weighted by molar-refractivity contribution is -0.384. The molecular weight excluding hydrogens is 296 g/mol. The number of hydrogen-bond acceptors (Lipinski definition) is 5. The highest BCUT2D eigenvalue weighted by Gasteiger charge is 2.10. The Labute approximate surface area is 131 Å². The van der Waals surface area contributed by atoms with E-state index in [1.165, 1.54) is 12.1 Å². The molecule has 7 heteroatoms. The summed E-state index contributed by atoms with van der Waals surface area (Å²) in [5, 5.41) is 24.7. The highest BCUT2D eigenvalue weighted by molar-refractivity contribution is 5.80. The molecule has 1 heterocycles. The third-order valence-corrected chi connectivity index (χ3v) is 3.39. The van der Waals surface area contributed by atoms with E-state index >= 15 is 0 Å². The van der Waals surface area contributed by atoms with Crippen molar-refractivity contribution in [1.29, 1.82) is 5.26 Å². The van der Waals surface area contributed by atoms with Crippen molar-refractivity contribution in [2.75, 3.05) is 6.61 Å². The van der Waals surface area contributed by atoms with Crippen molar-refractivity contribution < 1.29 is 9.66 Å². The van der Waals surface area contributed by atoms with Gasteiger partial charge in [0, 0.05) is 17.5 Å². The molecule has 7 nitrogen and oxygen atoms in total. The Morgan fingerprint density at radius 1 is 1.26 bits per heavy atom. The number of nitro groups is 1. The Kier molecular flexibility index (Phi) is 3.89. The third kappa shape index (κ3) is 3.11. The van der Waals surface area contributed by atoms with Crippen LogP contribution in [0.25, 0.3) is 10.9 Å². The highest BCUT2D eigenvalue weighted by atomic mass is 16.6. The summed E-state index contributed by atoms with van der Waals surface area (Å²) in [5.74, 6) is 0.659. The van der Waals surface area contributed by atoms with Crippen LogP contribution in [0.3, 0.4) is 0 Å². The van der Waals surface area contributed by atoms with Crippen molar-refractivity contribution in [2.45, 2.75) is 6.54 Å². The van der Waals surface area contributed by atoms with Crippen molar-refractivity contribution in [2.24, 2.45) is 0 Å². The van der Waals surface area contributed by atoms with Crippen LogP contribution in [-0.4, -0.2) is 21.3 Å².